The van der Waals surface area contributed by atoms with Gasteiger partial charge in [-0.3, -0.25) is 4.79 Å². The van der Waals surface area contributed by atoms with Gasteiger partial charge in [0.05, 0.1) is 4.58 Å². The van der Waals surface area contributed by atoms with Crippen LogP contribution >= 0.6 is 35.3 Å². The third-order valence-electron chi connectivity index (χ3n) is 2.85. The average Bonchev–Trinajstić information content (AvgIpc) is 2.85. The monoisotopic (exact) mass is 310 g/mol. The smallest absolute Gasteiger partial charge is 0.214 e. The van der Waals surface area contributed by atoms with Gasteiger partial charge >= 0.3 is 0 Å². The van der Waals surface area contributed by atoms with E-state index >= 15 is 0 Å². The molecule has 1 saturated heterocycles. The largest absolute Gasteiger partial charge is 0.282 e. The predicted molar refractivity (Wildman–Crippen MR) is 90.0 cm³/mol. The van der Waals surface area contributed by atoms with Crippen LogP contribution in [0.1, 0.15) is 22.6 Å². The van der Waals surface area contributed by atoms with Gasteiger partial charge in [0.25, 0.3) is 0 Å². The lowest BCUT2D eigenvalue weighted by Gasteiger charge is -2.10. The molecule has 1 nitrogen and oxygen atoms in total. The van der Waals surface area contributed by atoms with Crippen LogP contribution in [0.15, 0.2) is 36.4 Å². The summed E-state index contributed by atoms with van der Waals surface area (Å²) in [6, 6.07) is 8.77. The fraction of sp³-hybridized carbons (Fsp3) is 0.400. The van der Waals surface area contributed by atoms with E-state index in [-0.39, 0.29) is 5.12 Å². The molecular weight excluding hydrogens is 292 g/mol. The molecule has 0 N–H and O–H groups in total. The number of aryl methyl sites for hydroxylation is 1. The fourth-order valence-corrected chi connectivity index (χ4v) is 6.19. The Balaban J connectivity index is 1.84. The van der Waals surface area contributed by atoms with Crippen molar-refractivity contribution in [3.63, 3.8) is 0 Å². The van der Waals surface area contributed by atoms with Crippen LogP contribution < -0.4 is 0 Å². The van der Waals surface area contributed by atoms with Gasteiger partial charge in [-0.15, -0.1) is 23.5 Å². The van der Waals surface area contributed by atoms with E-state index < -0.39 is 0 Å². The predicted octanol–water partition coefficient (Wildman–Crippen LogP) is 4.68. The van der Waals surface area contributed by atoms with E-state index in [9.17, 15) is 4.79 Å². The second-order valence-corrected chi connectivity index (χ2v) is 8.55. The molecule has 2 atom stereocenters. The van der Waals surface area contributed by atoms with E-state index in [4.69, 9.17) is 0 Å². The Morgan fingerprint density at radius 3 is 2.74 bits per heavy atom. The molecule has 0 aliphatic carbocycles. The summed E-state index contributed by atoms with van der Waals surface area (Å²) in [5.41, 5.74) is 3.34. The Labute approximate surface area is 128 Å². The number of carbonyl (C=O) groups excluding carboxylic acids is 1. The molecule has 0 saturated carbocycles. The topological polar surface area (TPSA) is 17.1 Å². The molecule has 1 aliphatic rings. The summed E-state index contributed by atoms with van der Waals surface area (Å²) in [5.74, 6) is 2.02. The summed E-state index contributed by atoms with van der Waals surface area (Å²) >= 11 is 5.38. The minimum Gasteiger partial charge on any atom is -0.282 e. The second-order valence-electron chi connectivity index (χ2n) is 4.71. The minimum atomic E-state index is 0.129. The van der Waals surface area contributed by atoms with Gasteiger partial charge in [-0.05, 0) is 25.0 Å². The normalized spacial score (nSPS) is 22.4. The Morgan fingerprint density at radius 2 is 2.11 bits per heavy atom. The molecule has 0 bridgehead atoms. The quantitative estimate of drug-likeness (QED) is 0.751. The zero-order valence-corrected chi connectivity index (χ0v) is 13.7. The van der Waals surface area contributed by atoms with Crippen molar-refractivity contribution in [1.29, 1.82) is 0 Å². The van der Waals surface area contributed by atoms with Crippen molar-refractivity contribution in [2.45, 2.75) is 23.7 Å². The summed E-state index contributed by atoms with van der Waals surface area (Å²) in [6.45, 7) is 7.58. The van der Waals surface area contributed by atoms with Crippen LogP contribution in [0.25, 0.3) is 0 Å². The van der Waals surface area contributed by atoms with Crippen molar-refractivity contribution in [2.75, 3.05) is 11.5 Å². The highest BCUT2D eigenvalue weighted by Gasteiger charge is 2.27. The molecular formula is C15H18OS3. The van der Waals surface area contributed by atoms with Crippen LogP contribution in [-0.4, -0.2) is 21.9 Å². The van der Waals surface area contributed by atoms with Gasteiger partial charge in [0, 0.05) is 16.8 Å². The van der Waals surface area contributed by atoms with Gasteiger partial charge in [-0.1, -0.05) is 48.2 Å². The van der Waals surface area contributed by atoms with Gasteiger partial charge in [-0.25, -0.2) is 0 Å². The van der Waals surface area contributed by atoms with Gasteiger partial charge in [0.2, 0.25) is 5.12 Å². The third kappa shape index (κ3) is 4.33. The molecule has 1 fully saturated rings. The molecule has 0 spiro atoms. The van der Waals surface area contributed by atoms with Crippen molar-refractivity contribution < 1.29 is 4.79 Å². The van der Waals surface area contributed by atoms with E-state index in [2.05, 4.69) is 37.8 Å². The molecule has 1 aromatic rings. The Hall–Kier alpha value is -0.320. The van der Waals surface area contributed by atoms with Gasteiger partial charge in [-0.2, -0.15) is 0 Å². The van der Waals surface area contributed by atoms with Crippen molar-refractivity contribution in [3.05, 3.63) is 47.5 Å². The van der Waals surface area contributed by atoms with Gasteiger partial charge in [0.1, 0.15) is 0 Å². The molecule has 2 rings (SSSR count). The van der Waals surface area contributed by atoms with E-state index in [0.717, 1.165) is 11.5 Å². The first-order valence-electron chi connectivity index (χ1n) is 6.22. The lowest BCUT2D eigenvalue weighted by molar-refractivity contribution is -0.107. The standard InChI is InChI=1S/C15H18OS3/c1-10(2)14(16)17-8-13-9-18-15(19-13)12-6-4-11(3)5-7-12/h4-7,13,15H,1,8-9H2,2-3H3. The van der Waals surface area contributed by atoms with Crippen LogP contribution in [0.5, 0.6) is 0 Å². The van der Waals surface area contributed by atoms with E-state index in [1.807, 2.05) is 23.5 Å². The van der Waals surface area contributed by atoms with Gasteiger partial charge in [0.15, 0.2) is 0 Å². The maximum atomic E-state index is 11.5. The average molecular weight is 311 g/mol. The first-order valence-corrected chi connectivity index (χ1v) is 9.20. The molecule has 0 aromatic heterocycles. The zero-order chi connectivity index (χ0) is 13.8. The highest BCUT2D eigenvalue weighted by Crippen LogP contribution is 2.50. The number of hydrogen-bond donors (Lipinski definition) is 0. The van der Waals surface area contributed by atoms with E-state index in [1.165, 1.54) is 22.9 Å². The lowest BCUT2D eigenvalue weighted by atomic mass is 10.2. The molecule has 0 amide bonds. The summed E-state index contributed by atoms with van der Waals surface area (Å²) in [5, 5.41) is 0.689. The van der Waals surface area contributed by atoms with Crippen molar-refractivity contribution in [3.8, 4) is 0 Å². The number of carbonyl (C=O) groups is 1. The Kier molecular flexibility index (Phi) is 5.48. The van der Waals surface area contributed by atoms with Crippen molar-refractivity contribution >= 4 is 40.4 Å². The number of rotatable bonds is 4. The lowest BCUT2D eigenvalue weighted by Crippen LogP contribution is -2.07. The molecule has 102 valence electrons. The second kappa shape index (κ2) is 6.91. The Morgan fingerprint density at radius 1 is 1.42 bits per heavy atom. The van der Waals surface area contributed by atoms with Crippen LogP contribution in [0.3, 0.4) is 0 Å². The third-order valence-corrected chi connectivity index (χ3v) is 7.60. The van der Waals surface area contributed by atoms with Crippen LogP contribution in [0.2, 0.25) is 0 Å². The number of hydrogen-bond acceptors (Lipinski definition) is 4. The Bertz CT molecular complexity index is 467. The maximum Gasteiger partial charge on any atom is 0.214 e. The first kappa shape index (κ1) is 15.1. The molecule has 1 heterocycles. The molecule has 19 heavy (non-hydrogen) atoms. The first-order chi connectivity index (χ1) is 9.06. The van der Waals surface area contributed by atoms with Crippen molar-refractivity contribution in [2.24, 2.45) is 0 Å². The highest BCUT2D eigenvalue weighted by molar-refractivity contribution is 8.21. The molecule has 4 heteroatoms. The summed E-state index contributed by atoms with van der Waals surface area (Å²) < 4.78 is 0.520. The minimum absolute atomic E-state index is 0.129. The molecule has 1 aliphatic heterocycles. The number of benzene rings is 1. The molecule has 2 unspecified atom stereocenters. The number of thioether (sulfide) groups is 3. The van der Waals surface area contributed by atoms with Crippen LogP contribution in [0.4, 0.5) is 0 Å². The van der Waals surface area contributed by atoms with Gasteiger partial charge < -0.3 is 0 Å². The SMILES string of the molecule is C=C(C)C(=O)SCC1CSC(c2ccc(C)cc2)S1. The molecule has 1 aromatic carbocycles. The fourth-order valence-electron chi connectivity index (χ4n) is 1.73. The summed E-state index contributed by atoms with van der Waals surface area (Å²) in [6.07, 6.45) is 0. The van der Waals surface area contributed by atoms with Crippen LogP contribution in [0, 0.1) is 6.92 Å². The van der Waals surface area contributed by atoms with E-state index in [0.29, 0.717) is 15.4 Å². The maximum absolute atomic E-state index is 11.5. The summed E-state index contributed by atoms with van der Waals surface area (Å²) in [7, 11) is 0. The highest BCUT2D eigenvalue weighted by atomic mass is 32.2. The molecule has 0 radical (unpaired) electrons. The zero-order valence-electron chi connectivity index (χ0n) is 11.2. The van der Waals surface area contributed by atoms with Crippen LogP contribution in [-0.2, 0) is 4.79 Å². The summed E-state index contributed by atoms with van der Waals surface area (Å²) in [4.78, 5) is 11.5. The van der Waals surface area contributed by atoms with E-state index in [1.54, 1.807) is 6.92 Å². The van der Waals surface area contributed by atoms with Crippen molar-refractivity contribution in [1.82, 2.24) is 0 Å².